The zero-order valence-corrected chi connectivity index (χ0v) is 13.8. The van der Waals surface area contributed by atoms with Crippen LogP contribution in [0, 0.1) is 0 Å². The van der Waals surface area contributed by atoms with Crippen molar-refractivity contribution in [3.63, 3.8) is 0 Å². The number of aliphatic hydroxyl groups excluding tert-OH is 1. The van der Waals surface area contributed by atoms with Gasteiger partial charge in [-0.05, 0) is 43.5 Å². The molecule has 0 aromatic heterocycles. The minimum Gasteiger partial charge on any atom is -0.496 e. The lowest BCUT2D eigenvalue weighted by atomic mass is 9.89. The number of aliphatic hydroxyl groups is 1. The Morgan fingerprint density at radius 3 is 2.65 bits per heavy atom. The fraction of sp³-hybridized carbons (Fsp3) is 0.625. The minimum absolute atomic E-state index is 0.373. The summed E-state index contributed by atoms with van der Waals surface area (Å²) in [4.78, 5) is 0. The van der Waals surface area contributed by atoms with Crippen LogP contribution >= 0.6 is 15.9 Å². The summed E-state index contributed by atoms with van der Waals surface area (Å²) in [6, 6.07) is 5.88. The van der Waals surface area contributed by atoms with E-state index in [2.05, 4.69) is 15.9 Å². The first-order chi connectivity index (χ1) is 9.61. The summed E-state index contributed by atoms with van der Waals surface area (Å²) in [5.41, 5.74) is 0.641. The standard InChI is InChI=1S/C16H23BrO3/c1-3-20-16(8-4-5-9-16)15(18)11-12-10-13(17)6-7-14(12)19-2/h6-7,10,15,18H,3-5,8-9,11H2,1-2H3. The summed E-state index contributed by atoms with van der Waals surface area (Å²) >= 11 is 3.47. The van der Waals surface area contributed by atoms with E-state index >= 15 is 0 Å². The molecule has 112 valence electrons. The predicted molar refractivity (Wildman–Crippen MR) is 83.2 cm³/mol. The Kier molecular flexibility index (Phi) is 5.47. The third-order valence-corrected chi connectivity index (χ3v) is 4.64. The predicted octanol–water partition coefficient (Wildman–Crippen LogP) is 3.71. The molecule has 1 aromatic carbocycles. The Morgan fingerprint density at radius 1 is 1.35 bits per heavy atom. The normalized spacial score (nSPS) is 19.0. The number of benzene rings is 1. The quantitative estimate of drug-likeness (QED) is 0.856. The highest BCUT2D eigenvalue weighted by molar-refractivity contribution is 9.10. The second-order valence-corrected chi connectivity index (χ2v) is 6.30. The monoisotopic (exact) mass is 342 g/mol. The lowest BCUT2D eigenvalue weighted by molar-refractivity contribution is -0.115. The fourth-order valence-corrected chi connectivity index (χ4v) is 3.54. The Balaban J connectivity index is 2.17. The maximum Gasteiger partial charge on any atom is 0.122 e. The molecule has 0 spiro atoms. The van der Waals surface area contributed by atoms with Gasteiger partial charge < -0.3 is 14.6 Å². The van der Waals surface area contributed by atoms with E-state index in [-0.39, 0.29) is 5.60 Å². The summed E-state index contributed by atoms with van der Waals surface area (Å²) in [6.07, 6.45) is 4.21. The molecule has 0 amide bonds. The van der Waals surface area contributed by atoms with Crippen LogP contribution in [0.5, 0.6) is 5.75 Å². The molecule has 0 aliphatic heterocycles. The molecule has 0 radical (unpaired) electrons. The molecule has 0 heterocycles. The van der Waals surface area contributed by atoms with Gasteiger partial charge in [0.2, 0.25) is 0 Å². The molecule has 1 aromatic rings. The topological polar surface area (TPSA) is 38.7 Å². The van der Waals surface area contributed by atoms with Crippen molar-refractivity contribution < 1.29 is 14.6 Å². The van der Waals surface area contributed by atoms with Crippen molar-refractivity contribution in [3.05, 3.63) is 28.2 Å². The second-order valence-electron chi connectivity index (χ2n) is 5.38. The summed E-state index contributed by atoms with van der Waals surface area (Å²) in [6.45, 7) is 2.64. The van der Waals surface area contributed by atoms with Crippen molar-refractivity contribution in [2.24, 2.45) is 0 Å². The van der Waals surface area contributed by atoms with Crippen molar-refractivity contribution in [1.82, 2.24) is 0 Å². The highest BCUT2D eigenvalue weighted by Crippen LogP contribution is 2.38. The Labute approximate surface area is 129 Å². The maximum absolute atomic E-state index is 10.7. The van der Waals surface area contributed by atoms with Gasteiger partial charge in [-0.1, -0.05) is 28.8 Å². The van der Waals surface area contributed by atoms with Gasteiger partial charge in [-0.2, -0.15) is 0 Å². The molecule has 1 saturated carbocycles. The molecule has 0 bridgehead atoms. The van der Waals surface area contributed by atoms with Gasteiger partial charge in [-0.15, -0.1) is 0 Å². The van der Waals surface area contributed by atoms with Crippen LogP contribution in [-0.4, -0.2) is 30.5 Å². The van der Waals surface area contributed by atoms with Crippen LogP contribution in [-0.2, 0) is 11.2 Å². The Hall–Kier alpha value is -0.580. The minimum atomic E-state index is -0.492. The van der Waals surface area contributed by atoms with Gasteiger partial charge in [-0.25, -0.2) is 0 Å². The van der Waals surface area contributed by atoms with E-state index < -0.39 is 6.10 Å². The molecule has 1 N–H and O–H groups in total. The average Bonchev–Trinajstić information content (AvgIpc) is 2.89. The fourth-order valence-electron chi connectivity index (χ4n) is 3.14. The molecule has 20 heavy (non-hydrogen) atoms. The summed E-state index contributed by atoms with van der Waals surface area (Å²) in [5, 5.41) is 10.7. The van der Waals surface area contributed by atoms with Crippen LogP contribution in [0.25, 0.3) is 0 Å². The highest BCUT2D eigenvalue weighted by Gasteiger charge is 2.41. The van der Waals surface area contributed by atoms with Gasteiger partial charge in [0, 0.05) is 17.5 Å². The van der Waals surface area contributed by atoms with Gasteiger partial charge in [0.15, 0.2) is 0 Å². The molecule has 0 saturated heterocycles. The first-order valence-electron chi connectivity index (χ1n) is 7.26. The van der Waals surface area contributed by atoms with E-state index in [4.69, 9.17) is 9.47 Å². The summed E-state index contributed by atoms with van der Waals surface area (Å²) < 4.78 is 12.3. The van der Waals surface area contributed by atoms with Gasteiger partial charge in [-0.3, -0.25) is 0 Å². The van der Waals surface area contributed by atoms with Gasteiger partial charge in [0.25, 0.3) is 0 Å². The van der Waals surface area contributed by atoms with Crippen LogP contribution in [0.4, 0.5) is 0 Å². The van der Waals surface area contributed by atoms with Gasteiger partial charge in [0.1, 0.15) is 5.75 Å². The Morgan fingerprint density at radius 2 is 2.05 bits per heavy atom. The third-order valence-electron chi connectivity index (χ3n) is 4.14. The van der Waals surface area contributed by atoms with Crippen LogP contribution in [0.3, 0.4) is 0 Å². The SMILES string of the molecule is CCOC1(C(O)Cc2cc(Br)ccc2OC)CCCC1. The van der Waals surface area contributed by atoms with Crippen molar-refractivity contribution >= 4 is 15.9 Å². The molecular formula is C16H23BrO3. The molecule has 2 rings (SSSR count). The van der Waals surface area contributed by atoms with Crippen molar-refractivity contribution in [3.8, 4) is 5.75 Å². The van der Waals surface area contributed by atoms with Gasteiger partial charge >= 0.3 is 0 Å². The number of ether oxygens (including phenoxy) is 2. The smallest absolute Gasteiger partial charge is 0.122 e. The van der Waals surface area contributed by atoms with E-state index in [1.54, 1.807) is 7.11 Å². The number of rotatable bonds is 6. The highest BCUT2D eigenvalue weighted by atomic mass is 79.9. The summed E-state index contributed by atoms with van der Waals surface area (Å²) in [5.74, 6) is 0.817. The third kappa shape index (κ3) is 3.35. The van der Waals surface area contributed by atoms with E-state index in [9.17, 15) is 5.11 Å². The van der Waals surface area contributed by atoms with Gasteiger partial charge in [0.05, 0.1) is 18.8 Å². The largest absolute Gasteiger partial charge is 0.496 e. The molecule has 3 nitrogen and oxygen atoms in total. The lowest BCUT2D eigenvalue weighted by Crippen LogP contribution is -2.43. The van der Waals surface area contributed by atoms with Crippen molar-refractivity contribution in [1.29, 1.82) is 0 Å². The maximum atomic E-state index is 10.7. The number of halogens is 1. The lowest BCUT2D eigenvalue weighted by Gasteiger charge is -2.34. The summed E-state index contributed by atoms with van der Waals surface area (Å²) in [7, 11) is 1.66. The van der Waals surface area contributed by atoms with E-state index in [1.807, 2.05) is 25.1 Å². The first kappa shape index (κ1) is 15.8. The van der Waals surface area contributed by atoms with E-state index in [1.165, 1.54) is 0 Å². The molecule has 1 unspecified atom stereocenters. The van der Waals surface area contributed by atoms with E-state index in [0.717, 1.165) is 41.5 Å². The zero-order chi connectivity index (χ0) is 14.6. The number of hydrogen-bond acceptors (Lipinski definition) is 3. The molecule has 1 atom stereocenters. The second kappa shape index (κ2) is 6.92. The molecule has 4 heteroatoms. The molecule has 1 aliphatic carbocycles. The average molecular weight is 343 g/mol. The number of methoxy groups -OCH3 is 1. The van der Waals surface area contributed by atoms with Crippen LogP contribution < -0.4 is 4.74 Å². The zero-order valence-electron chi connectivity index (χ0n) is 12.2. The Bertz CT molecular complexity index is 441. The van der Waals surface area contributed by atoms with Crippen LogP contribution in [0.2, 0.25) is 0 Å². The molecule has 1 aliphatic rings. The van der Waals surface area contributed by atoms with Crippen molar-refractivity contribution in [2.45, 2.75) is 50.7 Å². The van der Waals surface area contributed by atoms with Crippen LogP contribution in [0.15, 0.2) is 22.7 Å². The first-order valence-corrected chi connectivity index (χ1v) is 8.05. The van der Waals surface area contributed by atoms with E-state index in [0.29, 0.717) is 13.0 Å². The van der Waals surface area contributed by atoms with Crippen molar-refractivity contribution in [2.75, 3.05) is 13.7 Å². The molecular weight excluding hydrogens is 320 g/mol. The van der Waals surface area contributed by atoms with Crippen LogP contribution in [0.1, 0.15) is 38.2 Å². The molecule has 1 fully saturated rings. The number of hydrogen-bond donors (Lipinski definition) is 1.